The van der Waals surface area contributed by atoms with E-state index in [0.717, 1.165) is 55.0 Å². The molecule has 0 spiro atoms. The average Bonchev–Trinajstić information content (AvgIpc) is 3.33. The van der Waals surface area contributed by atoms with Gasteiger partial charge in [0.15, 0.2) is 0 Å². The molecule has 0 aliphatic carbocycles. The van der Waals surface area contributed by atoms with Crippen molar-refractivity contribution in [2.24, 2.45) is 0 Å². The summed E-state index contributed by atoms with van der Waals surface area (Å²) in [5.74, 6) is 1.31. The van der Waals surface area contributed by atoms with Crippen LogP contribution in [0.25, 0.3) is 55.0 Å². The first-order valence-electron chi connectivity index (χ1n) is 14.0. The Morgan fingerprint density at radius 2 is 0.591 bits per heavy atom. The highest BCUT2D eigenvalue weighted by Gasteiger charge is 2.10. The maximum absolute atomic E-state index is 6.18. The van der Waals surface area contributed by atoms with Crippen molar-refractivity contribution in [2.75, 3.05) is 0 Å². The van der Waals surface area contributed by atoms with E-state index in [1.165, 1.54) is 0 Å². The third-order valence-corrected chi connectivity index (χ3v) is 9.32. The van der Waals surface area contributed by atoms with E-state index < -0.39 is 16.5 Å². The Morgan fingerprint density at radius 1 is 0.318 bits per heavy atom. The van der Waals surface area contributed by atoms with E-state index in [4.69, 9.17) is 25.8 Å². The summed E-state index contributed by atoms with van der Waals surface area (Å²) >= 11 is 0. The van der Waals surface area contributed by atoms with E-state index in [1.807, 2.05) is 146 Å². The van der Waals surface area contributed by atoms with Gasteiger partial charge in [-0.3, -0.25) is 0 Å². The monoisotopic (exact) mass is 614 g/mol. The van der Waals surface area contributed by atoms with Crippen LogP contribution in [-0.2, 0) is 0 Å². The molecule has 0 unspecified atom stereocenters. The Hall–Kier alpha value is -5.28. The standard InChI is InChI=1S/C36H24O6P2/c1-5-13-33-29(9-1)30-10-2-6-14-34(30)40-43(39-33)37-27-21-17-25(18-22-27)26-19-23-28(24-20-26)38-44-41-35-15-7-3-11-31(35)32-12-4-8-16-36(32)42-44/h1-24H. The van der Waals surface area contributed by atoms with Gasteiger partial charge < -0.3 is 25.8 Å². The Balaban J connectivity index is 1.05. The summed E-state index contributed by atoms with van der Waals surface area (Å²) in [6.45, 7) is 0. The fourth-order valence-corrected chi connectivity index (χ4v) is 7.19. The van der Waals surface area contributed by atoms with Gasteiger partial charge in [0.2, 0.25) is 0 Å². The molecule has 0 amide bonds. The molecule has 2 heterocycles. The Bertz CT molecular complexity index is 2060. The van der Waals surface area contributed by atoms with Crippen LogP contribution in [0.4, 0.5) is 0 Å². The SMILES string of the molecule is c1ccc2c(c1)op(Oc1ccc(-c3ccc(Op4oc5ccccc5c5ccccc5o4)cc3)cc1)oc1ccccc12. The molecule has 8 rings (SSSR count). The topological polar surface area (TPSA) is 71.0 Å². The highest BCUT2D eigenvalue weighted by molar-refractivity contribution is 7.32. The van der Waals surface area contributed by atoms with Gasteiger partial charge in [0, 0.05) is 21.5 Å². The summed E-state index contributed by atoms with van der Waals surface area (Å²) in [5.41, 5.74) is 5.00. The van der Waals surface area contributed by atoms with Gasteiger partial charge in [0.25, 0.3) is 0 Å². The predicted molar refractivity (Wildman–Crippen MR) is 177 cm³/mol. The van der Waals surface area contributed by atoms with Crippen molar-refractivity contribution < 1.29 is 25.8 Å². The van der Waals surface area contributed by atoms with Gasteiger partial charge >= 0.3 is 16.5 Å². The number of benzene rings is 6. The highest BCUT2D eigenvalue weighted by Crippen LogP contribution is 2.39. The zero-order valence-electron chi connectivity index (χ0n) is 23.2. The molecule has 0 fully saturated rings. The second kappa shape index (κ2) is 11.4. The molecule has 0 bridgehead atoms. The first kappa shape index (κ1) is 26.4. The van der Waals surface area contributed by atoms with Crippen LogP contribution in [0.5, 0.6) is 11.5 Å². The number of hydrogen-bond acceptors (Lipinski definition) is 6. The Kier molecular flexibility index (Phi) is 6.84. The fourth-order valence-electron chi connectivity index (χ4n) is 5.10. The number of hydrogen-bond donors (Lipinski definition) is 0. The van der Waals surface area contributed by atoms with Crippen LogP contribution in [-0.4, -0.2) is 0 Å². The van der Waals surface area contributed by atoms with E-state index in [0.29, 0.717) is 11.5 Å². The van der Waals surface area contributed by atoms with Gasteiger partial charge in [0.05, 0.1) is 0 Å². The number of rotatable bonds is 5. The lowest BCUT2D eigenvalue weighted by molar-refractivity contribution is 0.497. The molecule has 214 valence electrons. The first-order valence-corrected chi connectivity index (χ1v) is 16.2. The molecule has 2 aromatic heterocycles. The lowest BCUT2D eigenvalue weighted by Crippen LogP contribution is -1.82. The maximum atomic E-state index is 6.18. The molecule has 0 saturated carbocycles. The number of fused-ring (bicyclic) bond motifs is 6. The fraction of sp³-hybridized carbons (Fsp3) is 0. The molecular weight excluding hydrogens is 590 g/mol. The van der Waals surface area contributed by atoms with Crippen molar-refractivity contribution in [3.63, 3.8) is 0 Å². The molecule has 8 aromatic rings. The van der Waals surface area contributed by atoms with Crippen molar-refractivity contribution in [2.45, 2.75) is 0 Å². The molecule has 8 heteroatoms. The van der Waals surface area contributed by atoms with Crippen LogP contribution in [0.1, 0.15) is 0 Å². The van der Waals surface area contributed by atoms with Crippen LogP contribution >= 0.6 is 16.5 Å². The molecule has 6 aromatic carbocycles. The normalized spacial score (nSPS) is 11.2. The predicted octanol–water partition coefficient (Wildman–Crippen LogP) is 12.2. The third-order valence-electron chi connectivity index (χ3n) is 7.22. The van der Waals surface area contributed by atoms with Gasteiger partial charge in [-0.05, 0) is 59.7 Å². The van der Waals surface area contributed by atoms with Gasteiger partial charge in [-0.15, -0.1) is 0 Å². The number of para-hydroxylation sites is 4. The van der Waals surface area contributed by atoms with E-state index >= 15 is 0 Å². The summed E-state index contributed by atoms with van der Waals surface area (Å²) in [6, 6.07) is 47.3. The molecule has 0 aliphatic rings. The molecule has 0 N–H and O–H groups in total. The summed E-state index contributed by atoms with van der Waals surface area (Å²) < 4.78 is 37.0. The minimum Gasteiger partial charge on any atom is -0.391 e. The Labute approximate surface area is 253 Å². The lowest BCUT2D eigenvalue weighted by atomic mass is 10.1. The molecule has 0 atom stereocenters. The largest absolute Gasteiger partial charge is 0.453 e. The van der Waals surface area contributed by atoms with Crippen molar-refractivity contribution >= 4 is 60.4 Å². The van der Waals surface area contributed by atoms with Gasteiger partial charge in [-0.2, -0.15) is 0 Å². The third kappa shape index (κ3) is 5.22. The maximum Gasteiger partial charge on any atom is 0.453 e. The second-order valence-corrected chi connectivity index (χ2v) is 12.0. The zero-order chi connectivity index (χ0) is 29.3. The Morgan fingerprint density at radius 3 is 0.886 bits per heavy atom. The average molecular weight is 615 g/mol. The van der Waals surface area contributed by atoms with Crippen LogP contribution < -0.4 is 9.05 Å². The molecule has 44 heavy (non-hydrogen) atoms. The van der Waals surface area contributed by atoms with Crippen LogP contribution in [0.15, 0.2) is 162 Å². The van der Waals surface area contributed by atoms with Gasteiger partial charge in [0.1, 0.15) is 33.8 Å². The summed E-state index contributed by atoms with van der Waals surface area (Å²) in [6.07, 6.45) is 0. The van der Waals surface area contributed by atoms with Crippen molar-refractivity contribution in [3.8, 4) is 22.6 Å². The smallest absolute Gasteiger partial charge is 0.391 e. The zero-order valence-corrected chi connectivity index (χ0v) is 25.0. The molecule has 0 saturated heterocycles. The minimum absolute atomic E-state index is 0.655. The summed E-state index contributed by atoms with van der Waals surface area (Å²) in [7, 11) is -3.40. The second-order valence-electron chi connectivity index (χ2n) is 10.0. The van der Waals surface area contributed by atoms with Crippen LogP contribution in [0.3, 0.4) is 0 Å². The van der Waals surface area contributed by atoms with Crippen molar-refractivity contribution in [3.05, 3.63) is 146 Å². The van der Waals surface area contributed by atoms with Crippen molar-refractivity contribution in [1.29, 1.82) is 0 Å². The van der Waals surface area contributed by atoms with Crippen molar-refractivity contribution in [1.82, 2.24) is 0 Å². The van der Waals surface area contributed by atoms with Gasteiger partial charge in [-0.1, -0.05) is 97.1 Å². The van der Waals surface area contributed by atoms with Crippen LogP contribution in [0.2, 0.25) is 0 Å². The first-order chi connectivity index (χ1) is 21.8. The summed E-state index contributed by atoms with van der Waals surface area (Å²) in [5, 5.41) is 3.92. The van der Waals surface area contributed by atoms with E-state index in [9.17, 15) is 0 Å². The molecular formula is C36H24O6P2. The summed E-state index contributed by atoms with van der Waals surface area (Å²) in [4.78, 5) is 0. The van der Waals surface area contributed by atoms with Crippen LogP contribution in [0, 0.1) is 0 Å². The quantitative estimate of drug-likeness (QED) is 0.192. The van der Waals surface area contributed by atoms with E-state index in [2.05, 4.69) is 0 Å². The lowest BCUT2D eigenvalue weighted by Gasteiger charge is -2.06. The van der Waals surface area contributed by atoms with Gasteiger partial charge in [-0.25, -0.2) is 0 Å². The highest BCUT2D eigenvalue weighted by atomic mass is 31.1. The molecule has 0 aliphatic heterocycles. The minimum atomic E-state index is -1.70. The van der Waals surface area contributed by atoms with E-state index in [1.54, 1.807) is 0 Å². The van der Waals surface area contributed by atoms with E-state index in [-0.39, 0.29) is 0 Å². The molecule has 0 radical (unpaired) electrons. The molecule has 6 nitrogen and oxygen atoms in total.